The first kappa shape index (κ1) is 19.2. The molecule has 6 heteroatoms. The van der Waals surface area contributed by atoms with Crippen LogP contribution in [0.2, 0.25) is 0 Å². The number of esters is 1. The number of Topliss-reactive ketones (excluding diaryl/α,β-unsaturated/α-hetero) is 1. The van der Waals surface area contributed by atoms with E-state index in [0.29, 0.717) is 12.8 Å². The van der Waals surface area contributed by atoms with E-state index in [9.17, 15) is 14.4 Å². The van der Waals surface area contributed by atoms with Gasteiger partial charge >= 0.3 is 12.1 Å². The summed E-state index contributed by atoms with van der Waals surface area (Å²) in [6.07, 6.45) is 3.87. The van der Waals surface area contributed by atoms with Crippen LogP contribution in [0.1, 0.15) is 52.9 Å². The number of ketones is 1. The van der Waals surface area contributed by atoms with E-state index in [1.165, 1.54) is 6.08 Å². The van der Waals surface area contributed by atoms with Crippen LogP contribution in [0.25, 0.3) is 0 Å². The molecule has 1 saturated carbocycles. The Hall–Kier alpha value is -1.85. The molecule has 1 fully saturated rings. The maximum atomic E-state index is 12.5. The summed E-state index contributed by atoms with van der Waals surface area (Å²) in [6, 6.07) is 0. The van der Waals surface area contributed by atoms with E-state index >= 15 is 0 Å². The van der Waals surface area contributed by atoms with Crippen molar-refractivity contribution in [1.29, 1.82) is 0 Å². The zero-order valence-corrected chi connectivity index (χ0v) is 14.3. The Bertz CT molecular complexity index is 466. The highest BCUT2D eigenvalue weighted by molar-refractivity contribution is 6.04. The molecule has 0 aromatic carbocycles. The summed E-state index contributed by atoms with van der Waals surface area (Å²) in [4.78, 5) is 36.8. The monoisotopic (exact) mass is 325 g/mol. The van der Waals surface area contributed by atoms with E-state index in [1.54, 1.807) is 20.8 Å². The number of carbonyl (C=O) groups excluding carboxylic acids is 3. The molecule has 1 amide bonds. The third kappa shape index (κ3) is 5.69. The van der Waals surface area contributed by atoms with Crippen molar-refractivity contribution in [3.05, 3.63) is 12.7 Å². The van der Waals surface area contributed by atoms with Gasteiger partial charge in [-0.25, -0.2) is 4.79 Å². The van der Waals surface area contributed by atoms with E-state index in [0.717, 1.165) is 19.3 Å². The molecule has 1 atom stereocenters. The fourth-order valence-corrected chi connectivity index (χ4v) is 2.55. The summed E-state index contributed by atoms with van der Waals surface area (Å²) in [5, 5.41) is 2.56. The third-order valence-electron chi connectivity index (χ3n) is 3.70. The van der Waals surface area contributed by atoms with Crippen LogP contribution in [0.5, 0.6) is 0 Å². The van der Waals surface area contributed by atoms with Crippen molar-refractivity contribution in [1.82, 2.24) is 5.32 Å². The molecule has 0 radical (unpaired) electrons. The average Bonchev–Trinajstić information content (AvgIpc) is 2.63. The lowest BCUT2D eigenvalue weighted by Gasteiger charge is -2.29. The lowest BCUT2D eigenvalue weighted by Crippen LogP contribution is -2.49. The molecule has 0 spiro atoms. The Morgan fingerprint density at radius 2 is 2.00 bits per heavy atom. The normalized spacial score (nSPS) is 22.0. The highest BCUT2D eigenvalue weighted by Crippen LogP contribution is 2.33. The lowest BCUT2D eigenvalue weighted by atomic mass is 9.79. The molecule has 1 rings (SSSR count). The van der Waals surface area contributed by atoms with Gasteiger partial charge in [-0.1, -0.05) is 25.5 Å². The molecule has 0 aromatic heterocycles. The molecule has 23 heavy (non-hydrogen) atoms. The van der Waals surface area contributed by atoms with Crippen molar-refractivity contribution in [2.45, 2.75) is 58.5 Å². The Balaban J connectivity index is 2.86. The molecule has 0 aliphatic heterocycles. The molecule has 1 aliphatic rings. The van der Waals surface area contributed by atoms with Crippen LogP contribution in [0, 0.1) is 5.41 Å². The van der Waals surface area contributed by atoms with Gasteiger partial charge in [-0.3, -0.25) is 9.59 Å². The second kappa shape index (κ2) is 8.13. The van der Waals surface area contributed by atoms with Crippen LogP contribution >= 0.6 is 0 Å². The standard InChI is InChI=1S/C17H27NO5/c1-5-11-22-14(20)17(10-8-6-7-9-13(17)19)12-18-15(21)23-16(2,3)4/h5H,1,6-12H2,2-4H3,(H,18,21). The molecule has 1 unspecified atom stereocenters. The predicted octanol–water partition coefficient (Wildman–Crippen LogP) is 2.76. The molecule has 0 saturated heterocycles. The van der Waals surface area contributed by atoms with Crippen LogP contribution in [-0.4, -0.2) is 36.6 Å². The van der Waals surface area contributed by atoms with Gasteiger partial charge in [-0.15, -0.1) is 0 Å². The average molecular weight is 325 g/mol. The Kier molecular flexibility index (Phi) is 6.79. The van der Waals surface area contributed by atoms with E-state index in [2.05, 4.69) is 11.9 Å². The number of carbonyl (C=O) groups is 3. The predicted molar refractivity (Wildman–Crippen MR) is 85.9 cm³/mol. The summed E-state index contributed by atoms with van der Waals surface area (Å²) in [5.41, 5.74) is -1.97. The summed E-state index contributed by atoms with van der Waals surface area (Å²) in [7, 11) is 0. The topological polar surface area (TPSA) is 81.7 Å². The number of amides is 1. The largest absolute Gasteiger partial charge is 0.461 e. The fourth-order valence-electron chi connectivity index (χ4n) is 2.55. The van der Waals surface area contributed by atoms with Gasteiger partial charge in [0.2, 0.25) is 0 Å². The van der Waals surface area contributed by atoms with Crippen LogP contribution in [0.3, 0.4) is 0 Å². The maximum absolute atomic E-state index is 12.5. The summed E-state index contributed by atoms with van der Waals surface area (Å²) >= 11 is 0. The second-order valence-electron chi connectivity index (χ2n) is 6.81. The molecule has 0 heterocycles. The van der Waals surface area contributed by atoms with Crippen molar-refractivity contribution in [2.24, 2.45) is 5.41 Å². The molecule has 1 N–H and O–H groups in total. The van der Waals surface area contributed by atoms with Gasteiger partial charge in [-0.2, -0.15) is 0 Å². The minimum Gasteiger partial charge on any atom is -0.461 e. The number of hydrogen-bond donors (Lipinski definition) is 1. The first-order valence-corrected chi connectivity index (χ1v) is 7.99. The fraction of sp³-hybridized carbons (Fsp3) is 0.706. The minimum atomic E-state index is -1.32. The Labute approximate surface area is 137 Å². The third-order valence-corrected chi connectivity index (χ3v) is 3.70. The van der Waals surface area contributed by atoms with Crippen molar-refractivity contribution in [2.75, 3.05) is 13.2 Å². The highest BCUT2D eigenvalue weighted by atomic mass is 16.6. The Morgan fingerprint density at radius 3 is 2.61 bits per heavy atom. The highest BCUT2D eigenvalue weighted by Gasteiger charge is 2.47. The van der Waals surface area contributed by atoms with Gasteiger partial charge in [0.1, 0.15) is 17.6 Å². The number of hydrogen-bond acceptors (Lipinski definition) is 5. The quantitative estimate of drug-likeness (QED) is 0.364. The zero-order valence-electron chi connectivity index (χ0n) is 14.3. The van der Waals surface area contributed by atoms with Crippen molar-refractivity contribution < 1.29 is 23.9 Å². The van der Waals surface area contributed by atoms with Gasteiger partial charge in [-0.05, 0) is 33.6 Å². The molecule has 6 nitrogen and oxygen atoms in total. The molecular weight excluding hydrogens is 298 g/mol. The van der Waals surface area contributed by atoms with Crippen LogP contribution in [0.4, 0.5) is 4.79 Å². The molecule has 0 bridgehead atoms. The summed E-state index contributed by atoms with van der Waals surface area (Å²) in [6.45, 7) is 8.68. The Morgan fingerprint density at radius 1 is 1.30 bits per heavy atom. The van der Waals surface area contributed by atoms with Crippen molar-refractivity contribution in [3.8, 4) is 0 Å². The van der Waals surface area contributed by atoms with E-state index in [1.807, 2.05) is 0 Å². The van der Waals surface area contributed by atoms with Crippen molar-refractivity contribution in [3.63, 3.8) is 0 Å². The van der Waals surface area contributed by atoms with E-state index in [4.69, 9.17) is 9.47 Å². The molecule has 0 aromatic rings. The van der Waals surface area contributed by atoms with Gasteiger partial charge in [0, 0.05) is 13.0 Å². The first-order valence-electron chi connectivity index (χ1n) is 7.99. The lowest BCUT2D eigenvalue weighted by molar-refractivity contribution is -0.159. The SMILES string of the molecule is C=CCOC(=O)C1(CNC(=O)OC(C)(C)C)CCCCCC1=O. The van der Waals surface area contributed by atoms with E-state index < -0.39 is 23.1 Å². The summed E-state index contributed by atoms with van der Waals surface area (Å²) in [5.74, 6) is -0.777. The van der Waals surface area contributed by atoms with Crippen LogP contribution < -0.4 is 5.32 Å². The zero-order chi connectivity index (χ0) is 17.5. The molecule has 130 valence electrons. The van der Waals surface area contributed by atoms with Crippen LogP contribution in [-0.2, 0) is 19.1 Å². The van der Waals surface area contributed by atoms with Crippen LogP contribution in [0.15, 0.2) is 12.7 Å². The number of alkyl carbamates (subject to hydrolysis) is 1. The second-order valence-corrected chi connectivity index (χ2v) is 6.81. The number of ether oxygens (including phenoxy) is 2. The minimum absolute atomic E-state index is 0.0420. The van der Waals surface area contributed by atoms with Gasteiger partial charge in [0.25, 0.3) is 0 Å². The molecular formula is C17H27NO5. The van der Waals surface area contributed by atoms with Gasteiger partial charge < -0.3 is 14.8 Å². The number of rotatable bonds is 5. The summed E-state index contributed by atoms with van der Waals surface area (Å²) < 4.78 is 10.3. The van der Waals surface area contributed by atoms with Gasteiger partial charge in [0.15, 0.2) is 5.78 Å². The maximum Gasteiger partial charge on any atom is 0.407 e. The van der Waals surface area contributed by atoms with Crippen molar-refractivity contribution >= 4 is 17.8 Å². The van der Waals surface area contributed by atoms with E-state index in [-0.39, 0.29) is 18.9 Å². The van der Waals surface area contributed by atoms with Gasteiger partial charge in [0.05, 0.1) is 0 Å². The first-order chi connectivity index (χ1) is 10.7. The molecule has 1 aliphatic carbocycles. The number of nitrogens with one attached hydrogen (secondary N) is 1. The smallest absolute Gasteiger partial charge is 0.407 e.